The molecule has 0 saturated heterocycles. The van der Waals surface area contributed by atoms with Crippen molar-refractivity contribution in [2.24, 2.45) is 0 Å². The molecule has 5 rings (SSSR count). The Hall–Kier alpha value is -2.41. The molecule has 1 unspecified atom stereocenters. The highest BCUT2D eigenvalue weighted by Crippen LogP contribution is 2.42. The van der Waals surface area contributed by atoms with Gasteiger partial charge in [-0.2, -0.15) is 0 Å². The fraction of sp³-hybridized carbons (Fsp3) is 0.136. The second-order valence-corrected chi connectivity index (χ2v) is 9.79. The van der Waals surface area contributed by atoms with Crippen LogP contribution in [0, 0.1) is 0 Å². The van der Waals surface area contributed by atoms with E-state index in [1.54, 1.807) is 11.3 Å². The number of nitrogens with one attached hydrogen (secondary N) is 1. The number of fused-ring (bicyclic) bond motifs is 1. The molecule has 146 valence electrons. The Balaban J connectivity index is 1.38. The van der Waals surface area contributed by atoms with Gasteiger partial charge < -0.3 is 4.74 Å². The topological polar surface area (TPSA) is 55.4 Å². The Morgan fingerprint density at radius 2 is 1.93 bits per heavy atom. The number of ether oxygens (including phenoxy) is 1. The smallest absolute Gasteiger partial charge is 0.257 e. The summed E-state index contributed by atoms with van der Waals surface area (Å²) in [5.41, 5.74) is 4.51. The highest BCUT2D eigenvalue weighted by molar-refractivity contribution is 7.93. The average molecular weight is 442 g/mol. The average Bonchev–Trinajstić information content (AvgIpc) is 3.41. The molecule has 1 aromatic heterocycles. The van der Waals surface area contributed by atoms with Gasteiger partial charge in [-0.05, 0) is 59.4 Å². The zero-order valence-electron chi connectivity index (χ0n) is 15.2. The molecule has 4 nitrogen and oxygen atoms in total. The summed E-state index contributed by atoms with van der Waals surface area (Å²) in [6.07, 6.45) is 3.25. The quantitative estimate of drug-likeness (QED) is 0.600. The second-order valence-electron chi connectivity index (χ2n) is 6.89. The Bertz CT molecular complexity index is 1170. The fourth-order valence-electron chi connectivity index (χ4n) is 3.83. The summed E-state index contributed by atoms with van der Waals surface area (Å²) >= 11 is 7.71. The molecule has 0 fully saturated rings. The number of thiophene rings is 1. The van der Waals surface area contributed by atoms with Gasteiger partial charge in [-0.1, -0.05) is 41.9 Å². The molecular weight excluding hydrogens is 426 g/mol. The largest absolute Gasteiger partial charge is 0.486 e. The Morgan fingerprint density at radius 3 is 2.62 bits per heavy atom. The van der Waals surface area contributed by atoms with E-state index < -0.39 is 11.0 Å². The summed E-state index contributed by atoms with van der Waals surface area (Å²) < 4.78 is 21.3. The maximum absolute atomic E-state index is 11.9. The zero-order chi connectivity index (χ0) is 20.0. The van der Waals surface area contributed by atoms with Crippen molar-refractivity contribution in [1.29, 1.82) is 0 Å². The number of hydrogen-bond donors (Lipinski definition) is 1. The minimum absolute atomic E-state index is 0.00527. The van der Waals surface area contributed by atoms with Gasteiger partial charge in [0.1, 0.15) is 11.9 Å². The van der Waals surface area contributed by atoms with Crippen LogP contribution < -0.4 is 9.46 Å². The van der Waals surface area contributed by atoms with Crippen LogP contribution in [0.4, 0.5) is 0 Å². The standard InChI is InChI=1S/C22H16ClNO3S2/c23-21-11-10-19(28-21)17-3-1-2-16-15(17)8-9-18(16)27-14-6-4-13(5-7-14)20-12-22(25)24-29(20)26/h1-7,10-12,18H,8-9H2,(H,24,25)/t18-,29?/m1/s1. The van der Waals surface area contributed by atoms with Crippen molar-refractivity contribution in [1.82, 2.24) is 4.72 Å². The molecule has 2 aliphatic rings. The van der Waals surface area contributed by atoms with E-state index in [0.29, 0.717) is 4.91 Å². The van der Waals surface area contributed by atoms with Gasteiger partial charge in [0.15, 0.2) is 11.0 Å². The number of rotatable bonds is 4. The van der Waals surface area contributed by atoms with E-state index in [-0.39, 0.29) is 12.0 Å². The summed E-state index contributed by atoms with van der Waals surface area (Å²) in [7, 11) is -1.49. The lowest BCUT2D eigenvalue weighted by Gasteiger charge is -2.16. The summed E-state index contributed by atoms with van der Waals surface area (Å²) in [5.74, 6) is 0.420. The molecule has 0 saturated carbocycles. The van der Waals surface area contributed by atoms with E-state index in [1.807, 2.05) is 30.3 Å². The van der Waals surface area contributed by atoms with Crippen molar-refractivity contribution in [2.45, 2.75) is 18.9 Å². The summed E-state index contributed by atoms with van der Waals surface area (Å²) in [4.78, 5) is 13.0. The number of hydrogen-bond acceptors (Lipinski definition) is 4. The van der Waals surface area contributed by atoms with Crippen LogP contribution in [0.3, 0.4) is 0 Å². The van der Waals surface area contributed by atoms with Crippen LogP contribution in [-0.4, -0.2) is 10.1 Å². The predicted molar refractivity (Wildman–Crippen MR) is 117 cm³/mol. The third-order valence-electron chi connectivity index (χ3n) is 5.13. The maximum atomic E-state index is 11.9. The Labute approximate surface area is 179 Å². The molecule has 2 heterocycles. The highest BCUT2D eigenvalue weighted by Gasteiger charge is 2.27. The molecule has 1 aliphatic carbocycles. The molecule has 0 spiro atoms. The molecule has 0 bridgehead atoms. The molecule has 2 atom stereocenters. The number of carbonyl (C=O) groups excluding carboxylic acids is 1. The van der Waals surface area contributed by atoms with Crippen molar-refractivity contribution < 1.29 is 13.7 Å². The number of benzene rings is 2. The lowest BCUT2D eigenvalue weighted by Crippen LogP contribution is -2.16. The van der Waals surface area contributed by atoms with Gasteiger partial charge in [0.05, 0.1) is 9.24 Å². The minimum atomic E-state index is -1.49. The lowest BCUT2D eigenvalue weighted by molar-refractivity contribution is -0.114. The first kappa shape index (κ1) is 18.6. The fourth-order valence-corrected chi connectivity index (χ4v) is 5.84. The number of halogens is 1. The SMILES string of the molecule is O=C1C=C(c2ccc(O[C@@H]3CCc4c(-c5ccc(Cl)s5)cccc43)cc2)S(=O)N1. The predicted octanol–water partition coefficient (Wildman–Crippen LogP) is 5.27. The van der Waals surface area contributed by atoms with Crippen LogP contribution in [0.5, 0.6) is 5.75 Å². The third kappa shape index (κ3) is 3.52. The van der Waals surface area contributed by atoms with Crippen LogP contribution >= 0.6 is 22.9 Å². The number of carbonyl (C=O) groups is 1. The molecule has 29 heavy (non-hydrogen) atoms. The lowest BCUT2D eigenvalue weighted by atomic mass is 10.0. The molecule has 1 amide bonds. The first-order valence-electron chi connectivity index (χ1n) is 9.17. The molecule has 0 radical (unpaired) electrons. The van der Waals surface area contributed by atoms with E-state index in [1.165, 1.54) is 27.6 Å². The number of amides is 1. The van der Waals surface area contributed by atoms with Gasteiger partial charge >= 0.3 is 0 Å². The van der Waals surface area contributed by atoms with Gasteiger partial charge in [-0.25, -0.2) is 4.21 Å². The van der Waals surface area contributed by atoms with Gasteiger partial charge in [0, 0.05) is 11.0 Å². The van der Waals surface area contributed by atoms with Crippen molar-refractivity contribution >= 4 is 44.7 Å². The molecule has 3 aromatic rings. The Kier molecular flexibility index (Phi) is 4.78. The summed E-state index contributed by atoms with van der Waals surface area (Å²) in [6, 6.07) is 17.7. The van der Waals surface area contributed by atoms with Crippen LogP contribution in [0.15, 0.2) is 60.7 Å². The highest BCUT2D eigenvalue weighted by atomic mass is 35.5. The second kappa shape index (κ2) is 7.44. The molecule has 1 N–H and O–H groups in total. The van der Waals surface area contributed by atoms with Crippen LogP contribution in [0.25, 0.3) is 15.3 Å². The van der Waals surface area contributed by atoms with Crippen LogP contribution in [0.1, 0.15) is 29.2 Å². The first-order valence-corrected chi connectivity index (χ1v) is 11.5. The monoisotopic (exact) mass is 441 g/mol. The van der Waals surface area contributed by atoms with Crippen molar-refractivity contribution in [3.63, 3.8) is 0 Å². The van der Waals surface area contributed by atoms with E-state index >= 15 is 0 Å². The van der Waals surface area contributed by atoms with Crippen LogP contribution in [-0.2, 0) is 22.2 Å². The Morgan fingerprint density at radius 1 is 1.10 bits per heavy atom. The maximum Gasteiger partial charge on any atom is 0.257 e. The minimum Gasteiger partial charge on any atom is -0.486 e. The van der Waals surface area contributed by atoms with Gasteiger partial charge in [0.2, 0.25) is 0 Å². The molecule has 2 aromatic carbocycles. The summed E-state index contributed by atoms with van der Waals surface area (Å²) in [5, 5.41) is 0. The summed E-state index contributed by atoms with van der Waals surface area (Å²) in [6.45, 7) is 0. The molecule has 1 aliphatic heterocycles. The van der Waals surface area contributed by atoms with Crippen molar-refractivity contribution in [3.8, 4) is 16.2 Å². The van der Waals surface area contributed by atoms with Gasteiger partial charge in [-0.15, -0.1) is 11.3 Å². The van der Waals surface area contributed by atoms with E-state index in [0.717, 1.165) is 28.5 Å². The van der Waals surface area contributed by atoms with E-state index in [4.69, 9.17) is 16.3 Å². The molecular formula is C22H16ClNO3S2. The van der Waals surface area contributed by atoms with E-state index in [2.05, 4.69) is 29.0 Å². The van der Waals surface area contributed by atoms with Crippen molar-refractivity contribution in [3.05, 3.63) is 81.7 Å². The first-order chi connectivity index (χ1) is 14.1. The third-order valence-corrected chi connectivity index (χ3v) is 7.53. The molecule has 7 heteroatoms. The van der Waals surface area contributed by atoms with Gasteiger partial charge in [0.25, 0.3) is 5.91 Å². The van der Waals surface area contributed by atoms with Gasteiger partial charge in [-0.3, -0.25) is 9.52 Å². The van der Waals surface area contributed by atoms with E-state index in [9.17, 15) is 9.00 Å². The normalized spacial score (nSPS) is 20.3. The van der Waals surface area contributed by atoms with Crippen LogP contribution in [0.2, 0.25) is 4.34 Å². The zero-order valence-corrected chi connectivity index (χ0v) is 17.6. The van der Waals surface area contributed by atoms with Crippen molar-refractivity contribution in [2.75, 3.05) is 0 Å².